The SMILES string of the molecule is NC(=NCc1nc(C2CC2)cs1)N1CCOCC1. The summed E-state index contributed by atoms with van der Waals surface area (Å²) < 4.78 is 5.29. The number of guanidine groups is 1. The van der Waals surface area contributed by atoms with Gasteiger partial charge in [-0.25, -0.2) is 9.98 Å². The van der Waals surface area contributed by atoms with Gasteiger partial charge in [-0.05, 0) is 12.8 Å². The molecule has 1 aliphatic heterocycles. The van der Waals surface area contributed by atoms with E-state index in [4.69, 9.17) is 10.5 Å². The molecule has 1 aliphatic carbocycles. The largest absolute Gasteiger partial charge is 0.378 e. The first-order chi connectivity index (χ1) is 8.83. The minimum Gasteiger partial charge on any atom is -0.378 e. The van der Waals surface area contributed by atoms with Crippen LogP contribution in [0.25, 0.3) is 0 Å². The molecule has 3 rings (SSSR count). The fourth-order valence-electron chi connectivity index (χ4n) is 2.01. The second-order valence-corrected chi connectivity index (χ2v) is 5.66. The van der Waals surface area contributed by atoms with E-state index >= 15 is 0 Å². The first kappa shape index (κ1) is 11.9. The van der Waals surface area contributed by atoms with Crippen molar-refractivity contribution in [1.29, 1.82) is 0 Å². The molecular formula is C12H18N4OS. The van der Waals surface area contributed by atoms with Gasteiger partial charge in [0.15, 0.2) is 5.96 Å². The summed E-state index contributed by atoms with van der Waals surface area (Å²) in [6.07, 6.45) is 2.59. The lowest BCUT2D eigenvalue weighted by Crippen LogP contribution is -2.44. The summed E-state index contributed by atoms with van der Waals surface area (Å²) in [5, 5.41) is 3.22. The molecule has 0 radical (unpaired) electrons. The molecule has 6 heteroatoms. The summed E-state index contributed by atoms with van der Waals surface area (Å²) in [5.41, 5.74) is 7.22. The molecule has 2 N–H and O–H groups in total. The molecule has 1 aromatic rings. The van der Waals surface area contributed by atoms with Crippen LogP contribution in [0.15, 0.2) is 10.4 Å². The maximum atomic E-state index is 5.97. The van der Waals surface area contributed by atoms with Crippen molar-refractivity contribution in [2.24, 2.45) is 10.7 Å². The lowest BCUT2D eigenvalue weighted by Gasteiger charge is -2.27. The number of morpholine rings is 1. The smallest absolute Gasteiger partial charge is 0.191 e. The monoisotopic (exact) mass is 266 g/mol. The maximum Gasteiger partial charge on any atom is 0.191 e. The number of hydrogen-bond donors (Lipinski definition) is 1. The molecular weight excluding hydrogens is 248 g/mol. The Kier molecular flexibility index (Phi) is 3.47. The van der Waals surface area contributed by atoms with Gasteiger partial charge in [0.05, 0.1) is 25.5 Å². The van der Waals surface area contributed by atoms with Crippen LogP contribution in [0.3, 0.4) is 0 Å². The van der Waals surface area contributed by atoms with E-state index in [1.54, 1.807) is 11.3 Å². The normalized spacial score (nSPS) is 21.3. The lowest BCUT2D eigenvalue weighted by molar-refractivity contribution is 0.0674. The van der Waals surface area contributed by atoms with Crippen molar-refractivity contribution in [3.05, 3.63) is 16.1 Å². The van der Waals surface area contributed by atoms with E-state index in [1.807, 2.05) is 0 Å². The van der Waals surface area contributed by atoms with Crippen LogP contribution in [0.2, 0.25) is 0 Å². The highest BCUT2D eigenvalue weighted by molar-refractivity contribution is 7.09. The standard InChI is InChI=1S/C12H18N4OS/c13-12(16-3-5-17-6-4-16)14-7-11-15-10(8-18-11)9-1-2-9/h8-9H,1-7H2,(H2,13,14). The second kappa shape index (κ2) is 5.24. The molecule has 2 heterocycles. The van der Waals surface area contributed by atoms with E-state index in [-0.39, 0.29) is 0 Å². The molecule has 18 heavy (non-hydrogen) atoms. The summed E-state index contributed by atoms with van der Waals surface area (Å²) >= 11 is 1.69. The van der Waals surface area contributed by atoms with Crippen molar-refractivity contribution in [1.82, 2.24) is 9.88 Å². The molecule has 0 atom stereocenters. The first-order valence-electron chi connectivity index (χ1n) is 6.40. The zero-order valence-corrected chi connectivity index (χ0v) is 11.2. The molecule has 2 aliphatic rings. The number of nitrogens with two attached hydrogens (primary N) is 1. The summed E-state index contributed by atoms with van der Waals surface area (Å²) in [6.45, 7) is 3.74. The predicted molar refractivity (Wildman–Crippen MR) is 71.8 cm³/mol. The Morgan fingerprint density at radius 2 is 2.28 bits per heavy atom. The highest BCUT2D eigenvalue weighted by atomic mass is 32.1. The number of nitrogens with zero attached hydrogens (tertiary/aromatic N) is 3. The first-order valence-corrected chi connectivity index (χ1v) is 7.28. The molecule has 98 valence electrons. The maximum absolute atomic E-state index is 5.97. The molecule has 0 spiro atoms. The lowest BCUT2D eigenvalue weighted by atomic mass is 10.3. The number of ether oxygens (including phenoxy) is 1. The molecule has 1 saturated carbocycles. The average Bonchev–Trinajstić information content (AvgIpc) is 3.16. The van der Waals surface area contributed by atoms with Crippen LogP contribution < -0.4 is 5.73 Å². The number of thiazole rings is 1. The van der Waals surface area contributed by atoms with Crippen molar-refractivity contribution < 1.29 is 4.74 Å². The molecule has 5 nitrogen and oxygen atoms in total. The van der Waals surface area contributed by atoms with Crippen LogP contribution in [-0.2, 0) is 11.3 Å². The van der Waals surface area contributed by atoms with Crippen molar-refractivity contribution in [3.8, 4) is 0 Å². The van der Waals surface area contributed by atoms with Gasteiger partial charge in [0, 0.05) is 24.4 Å². The van der Waals surface area contributed by atoms with Crippen molar-refractivity contribution in [2.45, 2.75) is 25.3 Å². The summed E-state index contributed by atoms with van der Waals surface area (Å²) in [5.74, 6) is 1.33. The van der Waals surface area contributed by atoms with Gasteiger partial charge in [-0.1, -0.05) is 0 Å². The predicted octanol–water partition coefficient (Wildman–Crippen LogP) is 1.17. The van der Waals surface area contributed by atoms with Gasteiger partial charge in [0.1, 0.15) is 5.01 Å². The summed E-state index contributed by atoms with van der Waals surface area (Å²) in [4.78, 5) is 11.1. The number of hydrogen-bond acceptors (Lipinski definition) is 4. The highest BCUT2D eigenvalue weighted by Gasteiger charge is 2.25. The molecule has 1 aromatic heterocycles. The Labute approximate surface area is 111 Å². The van der Waals surface area contributed by atoms with Gasteiger partial charge in [-0.2, -0.15) is 0 Å². The number of rotatable bonds is 3. The van der Waals surface area contributed by atoms with Crippen molar-refractivity contribution in [3.63, 3.8) is 0 Å². The van der Waals surface area contributed by atoms with Crippen molar-refractivity contribution in [2.75, 3.05) is 26.3 Å². The van der Waals surface area contributed by atoms with Gasteiger partial charge < -0.3 is 15.4 Å². The fourth-order valence-corrected chi connectivity index (χ4v) is 2.80. The Morgan fingerprint density at radius 3 is 3.00 bits per heavy atom. The summed E-state index contributed by atoms with van der Waals surface area (Å²) in [6, 6.07) is 0. The van der Waals surface area contributed by atoms with Crippen molar-refractivity contribution >= 4 is 17.3 Å². The highest BCUT2D eigenvalue weighted by Crippen LogP contribution is 2.40. The average molecular weight is 266 g/mol. The third-order valence-electron chi connectivity index (χ3n) is 3.28. The van der Waals surface area contributed by atoms with Crippen LogP contribution in [-0.4, -0.2) is 42.1 Å². The van der Waals surface area contributed by atoms with E-state index in [0.29, 0.717) is 12.5 Å². The number of aromatic nitrogens is 1. The Morgan fingerprint density at radius 1 is 1.50 bits per heavy atom. The summed E-state index contributed by atoms with van der Waals surface area (Å²) in [7, 11) is 0. The Bertz CT molecular complexity index is 435. The molecule has 2 fully saturated rings. The Hall–Kier alpha value is -1.14. The van der Waals surface area contributed by atoms with Crippen LogP contribution in [0.5, 0.6) is 0 Å². The van der Waals surface area contributed by atoms with Gasteiger partial charge in [0.25, 0.3) is 0 Å². The zero-order chi connectivity index (χ0) is 12.4. The second-order valence-electron chi connectivity index (χ2n) is 4.71. The van der Waals surface area contributed by atoms with E-state index in [1.165, 1.54) is 18.5 Å². The van der Waals surface area contributed by atoms with Gasteiger partial charge in [-0.3, -0.25) is 0 Å². The molecule has 0 aromatic carbocycles. The third-order valence-corrected chi connectivity index (χ3v) is 4.13. The quantitative estimate of drug-likeness (QED) is 0.659. The Balaban J connectivity index is 1.57. The topological polar surface area (TPSA) is 63.7 Å². The van der Waals surface area contributed by atoms with E-state index in [0.717, 1.165) is 37.2 Å². The van der Waals surface area contributed by atoms with Gasteiger partial charge >= 0.3 is 0 Å². The zero-order valence-electron chi connectivity index (χ0n) is 10.3. The van der Waals surface area contributed by atoms with E-state index < -0.39 is 0 Å². The number of aliphatic imine (C=N–C) groups is 1. The van der Waals surface area contributed by atoms with Crippen LogP contribution >= 0.6 is 11.3 Å². The fraction of sp³-hybridized carbons (Fsp3) is 0.667. The van der Waals surface area contributed by atoms with Crippen LogP contribution in [0.4, 0.5) is 0 Å². The molecule has 0 bridgehead atoms. The van der Waals surface area contributed by atoms with Crippen LogP contribution in [0.1, 0.15) is 29.5 Å². The van der Waals surface area contributed by atoms with Crippen LogP contribution in [0, 0.1) is 0 Å². The minimum absolute atomic E-state index is 0.598. The third kappa shape index (κ3) is 2.81. The molecule has 0 amide bonds. The van der Waals surface area contributed by atoms with Gasteiger partial charge in [-0.15, -0.1) is 11.3 Å². The molecule has 1 saturated heterocycles. The molecule has 0 unspecified atom stereocenters. The van der Waals surface area contributed by atoms with E-state index in [9.17, 15) is 0 Å². The van der Waals surface area contributed by atoms with E-state index in [2.05, 4.69) is 20.3 Å². The van der Waals surface area contributed by atoms with Gasteiger partial charge in [0.2, 0.25) is 0 Å². The minimum atomic E-state index is 0.598.